The molecule has 0 unspecified atom stereocenters. The van der Waals surface area contributed by atoms with Gasteiger partial charge < -0.3 is 18.5 Å². The lowest BCUT2D eigenvalue weighted by Crippen LogP contribution is -2.25. The summed E-state index contributed by atoms with van der Waals surface area (Å²) >= 11 is 0. The van der Waals surface area contributed by atoms with E-state index >= 15 is 0 Å². The second-order valence-corrected chi connectivity index (χ2v) is 14.9. The third-order valence-corrected chi connectivity index (χ3v) is 11.3. The van der Waals surface area contributed by atoms with Gasteiger partial charge >= 0.3 is 0 Å². The van der Waals surface area contributed by atoms with Gasteiger partial charge in [0.05, 0.1) is 5.39 Å². The molecule has 55 heavy (non-hydrogen) atoms. The first-order chi connectivity index (χ1) is 27.0. The van der Waals surface area contributed by atoms with Gasteiger partial charge in [-0.15, -0.1) is 0 Å². The number of hydrogen-bond donors (Lipinski definition) is 0. The highest BCUT2D eigenvalue weighted by Crippen LogP contribution is 2.53. The molecule has 0 aliphatic carbocycles. The zero-order valence-corrected chi connectivity index (χ0v) is 30.4. The van der Waals surface area contributed by atoms with Gasteiger partial charge in [0.2, 0.25) is 0 Å². The molecular weight excluding hydrogens is 675 g/mol. The van der Waals surface area contributed by atoms with Crippen molar-refractivity contribution in [3.8, 4) is 33.8 Å². The van der Waals surface area contributed by atoms with Crippen LogP contribution in [0.25, 0.3) is 66.1 Å². The van der Waals surface area contributed by atoms with Crippen LogP contribution in [-0.2, 0) is 5.41 Å². The molecule has 2 aromatic heterocycles. The van der Waals surface area contributed by atoms with Gasteiger partial charge in [-0.2, -0.15) is 0 Å². The fourth-order valence-electron chi connectivity index (χ4n) is 8.52. The van der Waals surface area contributed by atoms with E-state index in [1.807, 2.05) is 24.3 Å². The molecular formula is C51H35NO3. The predicted octanol–water partition coefficient (Wildman–Crippen LogP) is 14.7. The average molecular weight is 710 g/mol. The Morgan fingerprint density at radius 2 is 1.05 bits per heavy atom. The van der Waals surface area contributed by atoms with Crippen LogP contribution < -0.4 is 9.64 Å². The second-order valence-electron chi connectivity index (χ2n) is 14.9. The molecule has 4 nitrogen and oxygen atoms in total. The minimum Gasteiger partial charge on any atom is -0.456 e. The molecule has 1 aliphatic rings. The highest BCUT2D eigenvalue weighted by molar-refractivity contribution is 6.10. The predicted molar refractivity (Wildman–Crippen MR) is 225 cm³/mol. The van der Waals surface area contributed by atoms with Crippen molar-refractivity contribution >= 4 is 60.9 Å². The lowest BCUT2D eigenvalue weighted by Gasteiger charge is -2.36. The molecule has 8 aromatic carbocycles. The third-order valence-electron chi connectivity index (χ3n) is 11.3. The lowest BCUT2D eigenvalue weighted by molar-refractivity contribution is 0.423. The van der Waals surface area contributed by atoms with Crippen molar-refractivity contribution in [3.05, 3.63) is 187 Å². The monoisotopic (exact) mass is 709 g/mol. The molecule has 0 bridgehead atoms. The maximum absolute atomic E-state index is 6.84. The summed E-state index contributed by atoms with van der Waals surface area (Å²) in [6.45, 7) is 4.58. The number of nitrogens with zero attached hydrogens (tertiary/aromatic N) is 1. The van der Waals surface area contributed by atoms with E-state index in [0.717, 1.165) is 94.7 Å². The molecule has 4 heteroatoms. The fraction of sp³-hybridized carbons (Fsp3) is 0.0588. The van der Waals surface area contributed by atoms with Crippen LogP contribution in [0.15, 0.2) is 185 Å². The van der Waals surface area contributed by atoms with E-state index in [9.17, 15) is 0 Å². The number of para-hydroxylation sites is 3. The van der Waals surface area contributed by atoms with Crippen LogP contribution in [0.2, 0.25) is 0 Å². The van der Waals surface area contributed by atoms with Gasteiger partial charge in [0, 0.05) is 55.3 Å². The van der Waals surface area contributed by atoms with Crippen LogP contribution in [0.1, 0.15) is 25.0 Å². The van der Waals surface area contributed by atoms with Gasteiger partial charge in [-0.25, -0.2) is 0 Å². The summed E-state index contributed by atoms with van der Waals surface area (Å²) in [5.74, 6) is 1.73. The van der Waals surface area contributed by atoms with Gasteiger partial charge in [0.25, 0.3) is 0 Å². The highest BCUT2D eigenvalue weighted by atomic mass is 16.5. The van der Waals surface area contributed by atoms with Crippen LogP contribution in [0.4, 0.5) is 17.1 Å². The molecule has 3 heterocycles. The van der Waals surface area contributed by atoms with Crippen molar-refractivity contribution in [1.82, 2.24) is 0 Å². The summed E-state index contributed by atoms with van der Waals surface area (Å²) in [6.07, 6.45) is 0. The van der Waals surface area contributed by atoms with Crippen molar-refractivity contribution in [2.45, 2.75) is 19.3 Å². The van der Waals surface area contributed by atoms with E-state index in [-0.39, 0.29) is 5.41 Å². The Morgan fingerprint density at radius 1 is 0.436 bits per heavy atom. The van der Waals surface area contributed by atoms with E-state index in [2.05, 4.69) is 170 Å². The van der Waals surface area contributed by atoms with Crippen molar-refractivity contribution in [3.63, 3.8) is 0 Å². The number of furan rings is 2. The van der Waals surface area contributed by atoms with E-state index in [4.69, 9.17) is 13.6 Å². The van der Waals surface area contributed by atoms with Gasteiger partial charge in [-0.05, 0) is 77.4 Å². The van der Waals surface area contributed by atoms with Crippen LogP contribution in [0, 0.1) is 0 Å². The van der Waals surface area contributed by atoms with Crippen LogP contribution in [0.3, 0.4) is 0 Å². The Morgan fingerprint density at radius 3 is 1.82 bits per heavy atom. The zero-order valence-electron chi connectivity index (χ0n) is 30.4. The molecule has 0 spiro atoms. The first kappa shape index (κ1) is 31.5. The standard InChI is InChI=1S/C51H35NO3/c1-51(2)42-28-30-47-48(41-14-7-9-18-45(41)53-47)50(42)55-46-29-27-37(31-43(46)51)52(35-23-19-33(20-24-35)32-11-4-3-5-12-32)36-25-21-34(22-26-36)38-15-10-16-40-39-13-6-8-17-44(39)54-49(38)40/h3-31H,1-2H3. The van der Waals surface area contributed by atoms with Gasteiger partial charge in [-0.1, -0.05) is 129 Å². The number of hydrogen-bond acceptors (Lipinski definition) is 4. The Balaban J connectivity index is 1.03. The molecule has 262 valence electrons. The smallest absolute Gasteiger partial charge is 0.143 e. The normalized spacial score (nSPS) is 13.2. The molecule has 10 aromatic rings. The highest BCUT2D eigenvalue weighted by Gasteiger charge is 2.37. The minimum atomic E-state index is -0.344. The quantitative estimate of drug-likeness (QED) is 0.178. The Bertz CT molecular complexity index is 3080. The van der Waals surface area contributed by atoms with Crippen LogP contribution in [-0.4, -0.2) is 0 Å². The SMILES string of the molecule is CC1(C)c2cc(N(c3ccc(-c4ccccc4)cc3)c3ccc(-c4cccc5c4oc4ccccc45)cc3)ccc2Oc2c1ccc1oc3ccccc3c21. The van der Waals surface area contributed by atoms with Crippen LogP contribution >= 0.6 is 0 Å². The van der Waals surface area contributed by atoms with E-state index in [0.29, 0.717) is 0 Å². The van der Waals surface area contributed by atoms with Crippen molar-refractivity contribution in [2.24, 2.45) is 0 Å². The van der Waals surface area contributed by atoms with Gasteiger partial charge in [0.15, 0.2) is 0 Å². The summed E-state index contributed by atoms with van der Waals surface area (Å²) in [7, 11) is 0. The maximum Gasteiger partial charge on any atom is 0.143 e. The fourth-order valence-corrected chi connectivity index (χ4v) is 8.52. The number of fused-ring (bicyclic) bond motifs is 9. The molecule has 0 amide bonds. The van der Waals surface area contributed by atoms with E-state index in [1.54, 1.807) is 0 Å². The number of ether oxygens (including phenoxy) is 1. The molecule has 0 atom stereocenters. The summed E-state index contributed by atoms with van der Waals surface area (Å²) in [4.78, 5) is 2.33. The van der Waals surface area contributed by atoms with Gasteiger partial charge in [-0.3, -0.25) is 0 Å². The second kappa shape index (κ2) is 12.0. The van der Waals surface area contributed by atoms with Crippen molar-refractivity contribution < 1.29 is 13.6 Å². The minimum absolute atomic E-state index is 0.344. The molecule has 0 radical (unpaired) electrons. The summed E-state index contributed by atoms with van der Waals surface area (Å²) in [5.41, 5.74) is 13.1. The number of rotatable bonds is 5. The molecule has 0 fully saturated rings. The van der Waals surface area contributed by atoms with Crippen LogP contribution in [0.5, 0.6) is 11.5 Å². The van der Waals surface area contributed by atoms with E-state index < -0.39 is 0 Å². The maximum atomic E-state index is 6.84. The Labute approximate surface area is 318 Å². The average Bonchev–Trinajstić information content (AvgIpc) is 3.81. The lowest BCUT2D eigenvalue weighted by atomic mass is 9.75. The number of anilines is 3. The first-order valence-corrected chi connectivity index (χ1v) is 18.7. The number of benzene rings is 8. The van der Waals surface area contributed by atoms with E-state index in [1.165, 1.54) is 11.1 Å². The Kier molecular flexibility index (Phi) is 6.86. The third kappa shape index (κ3) is 4.92. The van der Waals surface area contributed by atoms with Gasteiger partial charge in [0.1, 0.15) is 33.8 Å². The molecule has 11 rings (SSSR count). The molecule has 0 saturated heterocycles. The largest absolute Gasteiger partial charge is 0.456 e. The Hall–Kier alpha value is -7.04. The molecule has 0 N–H and O–H groups in total. The van der Waals surface area contributed by atoms with Crippen molar-refractivity contribution in [2.75, 3.05) is 4.90 Å². The summed E-state index contributed by atoms with van der Waals surface area (Å²) in [5, 5.41) is 4.34. The van der Waals surface area contributed by atoms with Crippen molar-refractivity contribution in [1.29, 1.82) is 0 Å². The summed E-state index contributed by atoms with van der Waals surface area (Å²) in [6, 6.07) is 61.8. The molecule has 1 aliphatic heterocycles. The first-order valence-electron chi connectivity index (χ1n) is 18.7. The zero-order chi connectivity index (χ0) is 36.7. The summed E-state index contributed by atoms with van der Waals surface area (Å²) < 4.78 is 19.5. The molecule has 0 saturated carbocycles. The topological polar surface area (TPSA) is 38.8 Å².